The molecule has 0 saturated heterocycles. The molecule has 2 aromatic carbocycles. The molecule has 3 aromatic heterocycles. The third kappa shape index (κ3) is 4.90. The van der Waals surface area contributed by atoms with Crippen molar-refractivity contribution in [3.63, 3.8) is 0 Å². The van der Waals surface area contributed by atoms with E-state index in [0.717, 1.165) is 23.2 Å². The lowest BCUT2D eigenvalue weighted by Gasteiger charge is -2.36. The lowest BCUT2D eigenvalue weighted by atomic mass is 9.92. The number of aromatic nitrogens is 4. The van der Waals surface area contributed by atoms with Crippen molar-refractivity contribution in [2.75, 3.05) is 6.54 Å². The van der Waals surface area contributed by atoms with Crippen LogP contribution < -0.4 is 0 Å². The lowest BCUT2D eigenvalue weighted by Crippen LogP contribution is -2.40. The van der Waals surface area contributed by atoms with Crippen LogP contribution in [-0.2, 0) is 4.79 Å². The van der Waals surface area contributed by atoms with E-state index in [1.807, 2.05) is 44.2 Å². The molecule has 8 nitrogen and oxygen atoms in total. The van der Waals surface area contributed by atoms with Gasteiger partial charge in [-0.2, -0.15) is 5.10 Å². The second-order valence-corrected chi connectivity index (χ2v) is 11.7. The van der Waals surface area contributed by atoms with Gasteiger partial charge in [0, 0.05) is 23.7 Å². The summed E-state index contributed by atoms with van der Waals surface area (Å²) in [4.78, 5) is 35.8. The predicted octanol–water partition coefficient (Wildman–Crippen LogP) is 6.71. The van der Waals surface area contributed by atoms with Crippen LogP contribution in [0.3, 0.4) is 0 Å². The van der Waals surface area contributed by atoms with Gasteiger partial charge >= 0.3 is 5.97 Å². The summed E-state index contributed by atoms with van der Waals surface area (Å²) in [6.45, 7) is 3.63. The van der Waals surface area contributed by atoms with E-state index in [1.165, 1.54) is 15.5 Å². The molecule has 4 atom stereocenters. The van der Waals surface area contributed by atoms with Gasteiger partial charge in [0.15, 0.2) is 5.65 Å². The summed E-state index contributed by atoms with van der Waals surface area (Å²) < 4.78 is 32.2. The summed E-state index contributed by atoms with van der Waals surface area (Å²) in [7, 11) is 0. The topological polar surface area (TPSA) is 101 Å². The van der Waals surface area contributed by atoms with E-state index in [1.54, 1.807) is 36.4 Å². The molecule has 222 valence electrons. The van der Waals surface area contributed by atoms with E-state index >= 15 is 8.78 Å². The van der Waals surface area contributed by atoms with Crippen LogP contribution in [0.5, 0.6) is 0 Å². The fourth-order valence-corrected chi connectivity index (χ4v) is 6.34. The average molecular weight is 594 g/mol. The van der Waals surface area contributed by atoms with Crippen LogP contribution in [-0.4, -0.2) is 48.0 Å². The summed E-state index contributed by atoms with van der Waals surface area (Å²) >= 11 is 0. The molecule has 2 aliphatic rings. The zero-order valence-corrected chi connectivity index (χ0v) is 24.1. The summed E-state index contributed by atoms with van der Waals surface area (Å²) in [5.41, 5.74) is 4.91. The zero-order chi connectivity index (χ0) is 30.7. The maximum absolute atomic E-state index is 15.5. The molecule has 4 heterocycles. The molecular weight excluding hydrogens is 564 g/mol. The second-order valence-electron chi connectivity index (χ2n) is 11.7. The van der Waals surface area contributed by atoms with Gasteiger partial charge in [0.2, 0.25) is 0 Å². The van der Waals surface area contributed by atoms with Gasteiger partial charge in [0.25, 0.3) is 5.91 Å². The summed E-state index contributed by atoms with van der Waals surface area (Å²) in [6.07, 6.45) is -0.537. The number of rotatable bonds is 6. The highest BCUT2D eigenvalue weighted by Crippen LogP contribution is 2.50. The second kappa shape index (κ2) is 10.6. The maximum Gasteiger partial charge on any atom is 0.303 e. The molecule has 1 aliphatic heterocycles. The largest absolute Gasteiger partial charge is 0.481 e. The SMILES string of the molecule is Cc1cccc(-c2cc(C(=O)N3C[C@H](F)c4ccccc4[C@H]3C)nc3cc(-c4ccc([C@H]5C[C@@H]5CC(=O)O)cc4F)nn23)n1. The van der Waals surface area contributed by atoms with Crippen LogP contribution in [0.1, 0.15) is 70.8 Å². The van der Waals surface area contributed by atoms with Crippen LogP contribution in [0.4, 0.5) is 8.78 Å². The average Bonchev–Trinajstić information content (AvgIpc) is 3.63. The minimum absolute atomic E-state index is 0.0151. The Bertz CT molecular complexity index is 1960. The van der Waals surface area contributed by atoms with Gasteiger partial charge in [-0.05, 0) is 79.1 Å². The molecule has 1 fully saturated rings. The summed E-state index contributed by atoms with van der Waals surface area (Å²) in [5.74, 6) is -1.72. The minimum atomic E-state index is -1.32. The van der Waals surface area contributed by atoms with E-state index in [2.05, 4.69) is 15.1 Å². The van der Waals surface area contributed by atoms with Crippen LogP contribution in [0, 0.1) is 18.7 Å². The van der Waals surface area contributed by atoms with Crippen molar-refractivity contribution >= 4 is 17.5 Å². The molecule has 0 unspecified atom stereocenters. The fraction of sp³-hybridized carbons (Fsp3) is 0.265. The Balaban J connectivity index is 1.29. The van der Waals surface area contributed by atoms with Gasteiger partial charge in [0.05, 0.1) is 29.7 Å². The monoisotopic (exact) mass is 593 g/mol. The lowest BCUT2D eigenvalue weighted by molar-refractivity contribution is -0.137. The van der Waals surface area contributed by atoms with Crippen molar-refractivity contribution in [2.45, 2.75) is 44.8 Å². The number of amides is 1. The van der Waals surface area contributed by atoms with Crippen molar-refractivity contribution in [1.29, 1.82) is 0 Å². The van der Waals surface area contributed by atoms with Gasteiger partial charge in [-0.25, -0.2) is 18.3 Å². The molecule has 0 bridgehead atoms. The van der Waals surface area contributed by atoms with E-state index in [4.69, 9.17) is 5.11 Å². The van der Waals surface area contributed by atoms with Crippen molar-refractivity contribution < 1.29 is 23.5 Å². The molecule has 0 spiro atoms. The predicted molar refractivity (Wildman–Crippen MR) is 159 cm³/mol. The van der Waals surface area contributed by atoms with Gasteiger partial charge < -0.3 is 10.0 Å². The number of aliphatic carboxylic acids is 1. The normalized spacial score (nSPS) is 20.9. The first-order chi connectivity index (χ1) is 21.2. The zero-order valence-electron chi connectivity index (χ0n) is 24.1. The highest BCUT2D eigenvalue weighted by molar-refractivity contribution is 5.94. The van der Waals surface area contributed by atoms with Crippen molar-refractivity contribution in [1.82, 2.24) is 24.5 Å². The number of carbonyl (C=O) groups excluding carboxylic acids is 1. The van der Waals surface area contributed by atoms with E-state index in [9.17, 15) is 9.59 Å². The Kier molecular flexibility index (Phi) is 6.72. The Labute approximate surface area is 252 Å². The molecule has 44 heavy (non-hydrogen) atoms. The molecule has 0 radical (unpaired) electrons. The van der Waals surface area contributed by atoms with Crippen LogP contribution in [0.2, 0.25) is 0 Å². The van der Waals surface area contributed by atoms with Crippen LogP contribution in [0.15, 0.2) is 72.8 Å². The number of carboxylic acid groups (broad SMARTS) is 1. The number of fused-ring (bicyclic) bond motifs is 2. The standard InChI is InChI=1S/C34H29F2N5O3/c1-18-6-5-9-28(37-18)31-15-30(34(44)40-17-27(36)23-8-4-3-7-22(23)19(40)2)38-32-16-29(39-41(31)32)24-11-10-20(13-26(24)35)25-12-21(25)14-33(42)43/h3-11,13,15-16,19,21,25,27H,12,14,17H2,1-2H3,(H,42,43)/t19-,21-,25-,27+/m1/s1. The molecule has 7 rings (SSSR count). The molecular formula is C34H29F2N5O3. The number of aryl methyl sites for hydroxylation is 1. The van der Waals surface area contributed by atoms with Crippen molar-refractivity contribution in [3.05, 3.63) is 107 Å². The molecule has 1 saturated carbocycles. The highest BCUT2D eigenvalue weighted by Gasteiger charge is 2.40. The smallest absolute Gasteiger partial charge is 0.303 e. The number of hydrogen-bond donors (Lipinski definition) is 1. The number of pyridine rings is 1. The Morgan fingerprint density at radius 2 is 1.77 bits per heavy atom. The third-order valence-corrected chi connectivity index (χ3v) is 8.72. The Morgan fingerprint density at radius 1 is 0.977 bits per heavy atom. The van der Waals surface area contributed by atoms with E-state index in [0.29, 0.717) is 28.3 Å². The molecule has 1 aliphatic carbocycles. The number of carbonyl (C=O) groups is 2. The summed E-state index contributed by atoms with van der Waals surface area (Å²) in [6, 6.07) is 20.5. The van der Waals surface area contributed by atoms with E-state index in [-0.39, 0.29) is 42.1 Å². The number of alkyl halides is 1. The quantitative estimate of drug-likeness (QED) is 0.235. The number of halogens is 2. The van der Waals surface area contributed by atoms with Gasteiger partial charge in [-0.3, -0.25) is 14.6 Å². The first-order valence-electron chi connectivity index (χ1n) is 14.6. The van der Waals surface area contributed by atoms with E-state index < -0.39 is 23.9 Å². The van der Waals surface area contributed by atoms with Gasteiger partial charge in [0.1, 0.15) is 17.7 Å². The molecule has 10 heteroatoms. The Hall–Kier alpha value is -4.99. The number of benzene rings is 2. The Morgan fingerprint density at radius 3 is 2.52 bits per heavy atom. The van der Waals surface area contributed by atoms with Crippen molar-refractivity contribution in [3.8, 4) is 22.6 Å². The van der Waals surface area contributed by atoms with Crippen LogP contribution >= 0.6 is 0 Å². The number of nitrogens with zero attached hydrogens (tertiary/aromatic N) is 5. The first kappa shape index (κ1) is 27.8. The maximum atomic E-state index is 15.5. The minimum Gasteiger partial charge on any atom is -0.481 e. The number of carboxylic acids is 1. The van der Waals surface area contributed by atoms with Crippen LogP contribution in [0.25, 0.3) is 28.3 Å². The van der Waals surface area contributed by atoms with Crippen molar-refractivity contribution in [2.24, 2.45) is 5.92 Å². The summed E-state index contributed by atoms with van der Waals surface area (Å²) in [5, 5.41) is 13.8. The molecule has 1 N–H and O–H groups in total. The number of hydrogen-bond acceptors (Lipinski definition) is 5. The molecule has 5 aromatic rings. The van der Waals surface area contributed by atoms with Gasteiger partial charge in [-0.1, -0.05) is 36.4 Å². The highest BCUT2D eigenvalue weighted by atomic mass is 19.1. The fourth-order valence-electron chi connectivity index (χ4n) is 6.34. The first-order valence-corrected chi connectivity index (χ1v) is 14.6. The van der Waals surface area contributed by atoms with Gasteiger partial charge in [-0.15, -0.1) is 0 Å². The third-order valence-electron chi connectivity index (χ3n) is 8.72. The molecule has 1 amide bonds.